The van der Waals surface area contributed by atoms with Crippen LogP contribution in [-0.2, 0) is 16.2 Å². The first kappa shape index (κ1) is 27.2. The van der Waals surface area contributed by atoms with E-state index >= 15 is 0 Å². The van der Waals surface area contributed by atoms with Crippen molar-refractivity contribution in [3.05, 3.63) is 30.2 Å². The van der Waals surface area contributed by atoms with Crippen LogP contribution in [0, 0.1) is 0 Å². The van der Waals surface area contributed by atoms with E-state index in [-0.39, 0.29) is 6.09 Å². The van der Waals surface area contributed by atoms with Gasteiger partial charge in [0.05, 0.1) is 5.69 Å². The molecule has 35 heavy (non-hydrogen) atoms. The minimum atomic E-state index is -1.12. The number of nitrogens with zero attached hydrogens (tertiary/aromatic N) is 5. The van der Waals surface area contributed by atoms with Gasteiger partial charge in [-0.15, -0.1) is 0 Å². The van der Waals surface area contributed by atoms with Gasteiger partial charge in [-0.25, -0.2) is 14.8 Å². The normalized spacial score (nSPS) is 15.1. The number of ether oxygens (including phenoxy) is 2. The lowest BCUT2D eigenvalue weighted by molar-refractivity contribution is 0.0240. The van der Waals surface area contributed by atoms with Gasteiger partial charge in [0, 0.05) is 58.8 Å². The van der Waals surface area contributed by atoms with E-state index in [2.05, 4.69) is 55.2 Å². The van der Waals surface area contributed by atoms with Gasteiger partial charge in [0.1, 0.15) is 24.0 Å². The van der Waals surface area contributed by atoms with Crippen molar-refractivity contribution in [3.63, 3.8) is 0 Å². The first-order valence-corrected chi connectivity index (χ1v) is 16.4. The standard InChI is InChI=1S/C26H43N5O3Si/c1-20(2)22-18-31(19-33-15-16-35(6,7)8)24(28-22)21-9-10-23(27-17-21)29-11-13-30(14-12-29)25(32)34-26(3,4)5/h9-10,17-18,20H,11-16,19H2,1-8H3. The van der Waals surface area contributed by atoms with Crippen molar-refractivity contribution in [2.75, 3.05) is 37.7 Å². The van der Waals surface area contributed by atoms with Gasteiger partial charge < -0.3 is 23.8 Å². The molecule has 0 saturated carbocycles. The summed E-state index contributed by atoms with van der Waals surface area (Å²) < 4.78 is 13.6. The van der Waals surface area contributed by atoms with Gasteiger partial charge in [0.2, 0.25) is 0 Å². The second-order valence-electron chi connectivity index (χ2n) is 11.8. The van der Waals surface area contributed by atoms with Gasteiger partial charge >= 0.3 is 6.09 Å². The summed E-state index contributed by atoms with van der Waals surface area (Å²) in [6.45, 7) is 21.0. The van der Waals surface area contributed by atoms with Crippen molar-refractivity contribution in [2.45, 2.75) is 78.6 Å². The van der Waals surface area contributed by atoms with Gasteiger partial charge in [0.25, 0.3) is 0 Å². The molecular weight excluding hydrogens is 458 g/mol. The van der Waals surface area contributed by atoms with E-state index < -0.39 is 13.7 Å². The molecule has 1 saturated heterocycles. The molecule has 0 aliphatic carbocycles. The van der Waals surface area contributed by atoms with Crippen LogP contribution in [0.4, 0.5) is 10.6 Å². The number of pyridine rings is 1. The topological polar surface area (TPSA) is 72.7 Å². The van der Waals surface area contributed by atoms with Gasteiger partial charge in [-0.2, -0.15) is 0 Å². The number of rotatable bonds is 8. The predicted molar refractivity (Wildman–Crippen MR) is 144 cm³/mol. The zero-order chi connectivity index (χ0) is 25.8. The second kappa shape index (κ2) is 11.1. The Balaban J connectivity index is 1.64. The van der Waals surface area contributed by atoms with Gasteiger partial charge in [0.15, 0.2) is 0 Å². The van der Waals surface area contributed by atoms with Crippen LogP contribution in [0.15, 0.2) is 24.5 Å². The summed E-state index contributed by atoms with van der Waals surface area (Å²) in [7, 11) is -1.12. The highest BCUT2D eigenvalue weighted by Gasteiger charge is 2.26. The molecule has 1 fully saturated rings. The van der Waals surface area contributed by atoms with E-state index in [1.54, 1.807) is 4.90 Å². The largest absolute Gasteiger partial charge is 0.444 e. The summed E-state index contributed by atoms with van der Waals surface area (Å²) in [4.78, 5) is 25.9. The maximum atomic E-state index is 12.3. The van der Waals surface area contributed by atoms with Crippen molar-refractivity contribution >= 4 is 20.0 Å². The molecule has 8 nitrogen and oxygen atoms in total. The molecule has 1 aliphatic rings. The summed E-state index contributed by atoms with van der Waals surface area (Å²) in [5.74, 6) is 2.13. The van der Waals surface area contributed by atoms with Gasteiger partial charge in [-0.05, 0) is 44.9 Å². The fourth-order valence-corrected chi connectivity index (χ4v) is 4.49. The van der Waals surface area contributed by atoms with E-state index in [1.807, 2.05) is 33.0 Å². The third-order valence-corrected chi connectivity index (χ3v) is 7.58. The molecule has 3 rings (SSSR count). The predicted octanol–water partition coefficient (Wildman–Crippen LogP) is 5.44. The molecule has 0 atom stereocenters. The fourth-order valence-electron chi connectivity index (χ4n) is 3.73. The van der Waals surface area contributed by atoms with Crippen LogP contribution in [0.1, 0.15) is 46.2 Å². The summed E-state index contributed by atoms with van der Waals surface area (Å²) in [5.41, 5.74) is 1.55. The molecule has 194 valence electrons. The molecule has 9 heteroatoms. The lowest BCUT2D eigenvalue weighted by Crippen LogP contribution is -2.50. The van der Waals surface area contributed by atoms with Crippen LogP contribution < -0.4 is 4.90 Å². The van der Waals surface area contributed by atoms with Crippen LogP contribution in [0.2, 0.25) is 25.7 Å². The Morgan fingerprint density at radius 1 is 1.11 bits per heavy atom. The van der Waals surface area contributed by atoms with E-state index in [1.165, 1.54) is 0 Å². The fraction of sp³-hybridized carbons (Fsp3) is 0.654. The number of aromatic nitrogens is 3. The third kappa shape index (κ3) is 8.07. The Kier molecular flexibility index (Phi) is 8.64. The number of carbonyl (C=O) groups excluding carboxylic acids is 1. The summed E-state index contributed by atoms with van der Waals surface area (Å²) in [6, 6.07) is 5.26. The number of anilines is 1. The van der Waals surface area contributed by atoms with Crippen molar-refractivity contribution in [1.82, 2.24) is 19.4 Å². The average molecular weight is 502 g/mol. The Bertz CT molecular complexity index is 968. The highest BCUT2D eigenvalue weighted by atomic mass is 28.3. The zero-order valence-electron chi connectivity index (χ0n) is 22.8. The maximum Gasteiger partial charge on any atom is 0.410 e. The van der Waals surface area contributed by atoms with Crippen molar-refractivity contribution in [3.8, 4) is 11.4 Å². The number of hydrogen-bond donors (Lipinski definition) is 0. The van der Waals surface area contributed by atoms with Crippen LogP contribution in [-0.4, -0.2) is 72.0 Å². The van der Waals surface area contributed by atoms with Crippen LogP contribution >= 0.6 is 0 Å². The van der Waals surface area contributed by atoms with E-state index in [0.717, 1.165) is 48.6 Å². The van der Waals surface area contributed by atoms with Crippen LogP contribution in [0.25, 0.3) is 11.4 Å². The average Bonchev–Trinajstić information content (AvgIpc) is 3.20. The Labute approximate surface area is 211 Å². The second-order valence-corrected chi connectivity index (χ2v) is 17.4. The Morgan fingerprint density at radius 2 is 1.80 bits per heavy atom. The number of piperazine rings is 1. The van der Waals surface area contributed by atoms with Gasteiger partial charge in [-0.3, -0.25) is 0 Å². The van der Waals surface area contributed by atoms with Crippen molar-refractivity contribution in [1.29, 1.82) is 0 Å². The summed E-state index contributed by atoms with van der Waals surface area (Å²) in [6.07, 6.45) is 3.74. The molecule has 0 N–H and O–H groups in total. The number of imidazole rings is 1. The molecule has 0 spiro atoms. The van der Waals surface area contributed by atoms with Gasteiger partial charge in [-0.1, -0.05) is 33.5 Å². The van der Waals surface area contributed by atoms with Crippen molar-refractivity contribution in [2.24, 2.45) is 0 Å². The molecule has 1 amide bonds. The molecule has 0 bridgehead atoms. The first-order valence-electron chi connectivity index (χ1n) is 12.7. The summed E-state index contributed by atoms with van der Waals surface area (Å²) >= 11 is 0. The van der Waals surface area contributed by atoms with Crippen LogP contribution in [0.5, 0.6) is 0 Å². The Hall–Kier alpha value is -2.39. The SMILES string of the molecule is CC(C)c1cn(COCC[Si](C)(C)C)c(-c2ccc(N3CCN(C(=O)OC(C)(C)C)CC3)nc2)n1. The molecule has 0 unspecified atom stereocenters. The molecule has 2 aromatic rings. The first-order chi connectivity index (χ1) is 16.3. The summed E-state index contributed by atoms with van der Waals surface area (Å²) in [5, 5.41) is 0. The maximum absolute atomic E-state index is 12.3. The minimum Gasteiger partial charge on any atom is -0.444 e. The highest BCUT2D eigenvalue weighted by Crippen LogP contribution is 2.25. The quantitative estimate of drug-likeness (QED) is 0.354. The van der Waals surface area contributed by atoms with E-state index in [0.29, 0.717) is 25.7 Å². The highest BCUT2D eigenvalue weighted by molar-refractivity contribution is 6.76. The third-order valence-electron chi connectivity index (χ3n) is 5.87. The molecule has 0 radical (unpaired) electrons. The number of carbonyl (C=O) groups is 1. The monoisotopic (exact) mass is 501 g/mol. The molecule has 3 heterocycles. The van der Waals surface area contributed by atoms with Crippen molar-refractivity contribution < 1.29 is 14.3 Å². The lowest BCUT2D eigenvalue weighted by Gasteiger charge is -2.36. The molecule has 0 aromatic carbocycles. The van der Waals surface area contributed by atoms with E-state index in [4.69, 9.17) is 19.4 Å². The van der Waals surface area contributed by atoms with E-state index in [9.17, 15) is 4.79 Å². The molecule has 2 aromatic heterocycles. The molecule has 1 aliphatic heterocycles. The number of hydrogen-bond acceptors (Lipinski definition) is 6. The lowest BCUT2D eigenvalue weighted by atomic mass is 10.2. The van der Waals surface area contributed by atoms with Crippen LogP contribution in [0.3, 0.4) is 0 Å². The number of amides is 1. The smallest absolute Gasteiger partial charge is 0.410 e. The minimum absolute atomic E-state index is 0.250. The Morgan fingerprint density at radius 3 is 2.34 bits per heavy atom. The molecular formula is C26H43N5O3Si. The zero-order valence-corrected chi connectivity index (χ0v) is 23.8.